The van der Waals surface area contributed by atoms with Crippen LogP contribution in [0, 0.1) is 0 Å². The summed E-state index contributed by atoms with van der Waals surface area (Å²) in [6.07, 6.45) is 0.847. The summed E-state index contributed by atoms with van der Waals surface area (Å²) in [5, 5.41) is 7.97. The maximum absolute atomic E-state index is 12.8. The Balaban J connectivity index is 1.37. The van der Waals surface area contributed by atoms with Gasteiger partial charge in [0.15, 0.2) is 5.82 Å². The number of aromatic nitrogens is 2. The fourth-order valence-corrected chi connectivity index (χ4v) is 5.18. The number of thiophene rings is 1. The van der Waals surface area contributed by atoms with E-state index in [0.717, 1.165) is 53.6 Å². The largest absolute Gasteiger partial charge is 0.390 e. The number of nitrogen functional groups attached to an aromatic ring is 1. The molecule has 1 aromatic carbocycles. The molecule has 2 aliphatic heterocycles. The molecular weight excluding hydrogens is 424 g/mol. The van der Waals surface area contributed by atoms with Crippen molar-refractivity contribution in [2.45, 2.75) is 32.7 Å². The highest BCUT2D eigenvalue weighted by Crippen LogP contribution is 2.35. The minimum atomic E-state index is -0.245. The van der Waals surface area contributed by atoms with Crippen molar-refractivity contribution in [3.8, 4) is 0 Å². The van der Waals surface area contributed by atoms with Crippen LogP contribution in [0.15, 0.2) is 30.3 Å². The number of benzene rings is 1. The van der Waals surface area contributed by atoms with E-state index in [1.165, 1.54) is 11.3 Å². The molecule has 4 heterocycles. The number of fused-ring (bicyclic) bond motifs is 2. The Labute approximate surface area is 190 Å². The van der Waals surface area contributed by atoms with Gasteiger partial charge in [0.05, 0.1) is 17.1 Å². The summed E-state index contributed by atoms with van der Waals surface area (Å²) < 4.78 is 1.89. The van der Waals surface area contributed by atoms with Crippen molar-refractivity contribution in [2.24, 2.45) is 0 Å². The topological polar surface area (TPSA) is 96.5 Å². The Kier molecular flexibility index (Phi) is 4.93. The molecule has 166 valence electrons. The Hall–Kier alpha value is -3.33. The molecule has 3 N–H and O–H groups in total. The summed E-state index contributed by atoms with van der Waals surface area (Å²) in [4.78, 5) is 30.2. The quantitative estimate of drug-likeness (QED) is 0.632. The molecule has 0 saturated heterocycles. The van der Waals surface area contributed by atoms with Gasteiger partial charge in [0.25, 0.3) is 11.8 Å². The summed E-state index contributed by atoms with van der Waals surface area (Å²) >= 11 is 1.45. The van der Waals surface area contributed by atoms with Crippen LogP contribution >= 0.6 is 11.3 Å². The first-order chi connectivity index (χ1) is 15.3. The standard InChI is InChI=1S/C23H26N6O2S/c1-13(2)18-11-17(21(24)32-18)22(30)25-19-12-20-28(8-9-29(20)26-19)15-4-5-16-14(10-15)6-7-27(3)23(16)31/h4-5,10-13H,6-9,24H2,1-3H3,(H,25,26,30). The highest BCUT2D eigenvalue weighted by molar-refractivity contribution is 7.16. The van der Waals surface area contributed by atoms with E-state index in [2.05, 4.69) is 35.2 Å². The lowest BCUT2D eigenvalue weighted by molar-refractivity contribution is 0.0780. The zero-order chi connectivity index (χ0) is 22.6. The summed E-state index contributed by atoms with van der Waals surface area (Å²) in [5.41, 5.74) is 9.45. The number of nitrogens with two attached hydrogens (primary N) is 1. The van der Waals surface area contributed by atoms with Crippen LogP contribution in [0.3, 0.4) is 0 Å². The third-order valence-electron chi connectivity index (χ3n) is 6.10. The number of amides is 2. The van der Waals surface area contributed by atoms with Crippen LogP contribution in [-0.2, 0) is 13.0 Å². The molecule has 0 aliphatic carbocycles. The third-order valence-corrected chi connectivity index (χ3v) is 7.36. The molecule has 5 rings (SSSR count). The van der Waals surface area contributed by atoms with Crippen LogP contribution in [0.1, 0.15) is 50.9 Å². The molecule has 32 heavy (non-hydrogen) atoms. The smallest absolute Gasteiger partial charge is 0.259 e. The Bertz CT molecular complexity index is 1230. The van der Waals surface area contributed by atoms with Gasteiger partial charge in [-0.15, -0.1) is 11.3 Å². The summed E-state index contributed by atoms with van der Waals surface area (Å²) in [6.45, 7) is 6.40. The van der Waals surface area contributed by atoms with E-state index in [0.29, 0.717) is 22.3 Å². The number of likely N-dealkylation sites (N-methyl/N-ethyl adjacent to an activating group) is 1. The fraction of sp³-hybridized carbons (Fsp3) is 0.348. The second-order valence-electron chi connectivity index (χ2n) is 8.62. The molecule has 3 aromatic rings. The van der Waals surface area contributed by atoms with E-state index in [4.69, 9.17) is 5.73 Å². The Morgan fingerprint density at radius 3 is 2.75 bits per heavy atom. The lowest BCUT2D eigenvalue weighted by atomic mass is 9.98. The van der Waals surface area contributed by atoms with Gasteiger partial charge in [-0.3, -0.25) is 9.59 Å². The van der Waals surface area contributed by atoms with Gasteiger partial charge in [-0.2, -0.15) is 5.10 Å². The summed E-state index contributed by atoms with van der Waals surface area (Å²) in [6, 6.07) is 9.74. The lowest BCUT2D eigenvalue weighted by Gasteiger charge is -2.26. The first-order valence-corrected chi connectivity index (χ1v) is 11.6. The zero-order valence-electron chi connectivity index (χ0n) is 18.4. The molecule has 0 radical (unpaired) electrons. The molecule has 0 bridgehead atoms. The van der Waals surface area contributed by atoms with Crippen LogP contribution in [0.25, 0.3) is 0 Å². The van der Waals surface area contributed by atoms with Gasteiger partial charge in [-0.25, -0.2) is 4.68 Å². The van der Waals surface area contributed by atoms with Crippen molar-refractivity contribution in [1.82, 2.24) is 14.7 Å². The predicted molar refractivity (Wildman–Crippen MR) is 127 cm³/mol. The highest BCUT2D eigenvalue weighted by atomic mass is 32.1. The molecule has 8 nitrogen and oxygen atoms in total. The van der Waals surface area contributed by atoms with Gasteiger partial charge in [0.1, 0.15) is 5.82 Å². The van der Waals surface area contributed by atoms with Crippen molar-refractivity contribution >= 4 is 45.5 Å². The van der Waals surface area contributed by atoms with Gasteiger partial charge >= 0.3 is 0 Å². The van der Waals surface area contributed by atoms with Crippen molar-refractivity contribution in [3.05, 3.63) is 51.9 Å². The molecule has 2 aliphatic rings. The van der Waals surface area contributed by atoms with Crippen molar-refractivity contribution in [1.29, 1.82) is 0 Å². The maximum atomic E-state index is 12.8. The zero-order valence-corrected chi connectivity index (χ0v) is 19.2. The van der Waals surface area contributed by atoms with Gasteiger partial charge in [0.2, 0.25) is 0 Å². The molecule has 9 heteroatoms. The maximum Gasteiger partial charge on any atom is 0.259 e. The monoisotopic (exact) mass is 450 g/mol. The SMILES string of the molecule is CC(C)c1cc(C(=O)Nc2cc3n(n2)CCN3c2ccc3c(c2)CCN(C)C3=O)c(N)s1. The van der Waals surface area contributed by atoms with Gasteiger partial charge in [-0.1, -0.05) is 13.8 Å². The van der Waals surface area contributed by atoms with Crippen LogP contribution in [0.4, 0.5) is 22.3 Å². The molecule has 0 unspecified atom stereocenters. The van der Waals surface area contributed by atoms with Crippen molar-refractivity contribution in [3.63, 3.8) is 0 Å². The number of carbonyl (C=O) groups excluding carboxylic acids is 2. The average molecular weight is 451 g/mol. The minimum absolute atomic E-state index is 0.0718. The number of anilines is 4. The molecular formula is C23H26N6O2S. The van der Waals surface area contributed by atoms with Gasteiger partial charge in [0, 0.05) is 42.3 Å². The molecule has 0 atom stereocenters. The van der Waals surface area contributed by atoms with Crippen molar-refractivity contribution in [2.75, 3.05) is 36.1 Å². The predicted octanol–water partition coefficient (Wildman–Crippen LogP) is 3.68. The number of nitrogens with one attached hydrogen (secondary N) is 1. The van der Waals surface area contributed by atoms with E-state index in [1.807, 2.05) is 36.0 Å². The lowest BCUT2D eigenvalue weighted by Crippen LogP contribution is -2.34. The summed E-state index contributed by atoms with van der Waals surface area (Å²) in [7, 11) is 1.83. The molecule has 2 aromatic heterocycles. The second-order valence-corrected chi connectivity index (χ2v) is 9.73. The Morgan fingerprint density at radius 1 is 1.19 bits per heavy atom. The van der Waals surface area contributed by atoms with Crippen LogP contribution in [0.2, 0.25) is 0 Å². The van der Waals surface area contributed by atoms with E-state index in [-0.39, 0.29) is 11.8 Å². The van der Waals surface area contributed by atoms with E-state index >= 15 is 0 Å². The van der Waals surface area contributed by atoms with Gasteiger partial charge < -0.3 is 20.9 Å². The first-order valence-electron chi connectivity index (χ1n) is 10.8. The second kappa shape index (κ2) is 7.67. The van der Waals surface area contributed by atoms with E-state index in [1.54, 1.807) is 4.90 Å². The number of rotatable bonds is 4. The summed E-state index contributed by atoms with van der Waals surface area (Å²) in [5.74, 6) is 1.57. The average Bonchev–Trinajstić information content (AvgIpc) is 3.44. The number of hydrogen-bond donors (Lipinski definition) is 2. The number of carbonyl (C=O) groups is 2. The molecule has 0 fully saturated rings. The molecule has 2 amide bonds. The van der Waals surface area contributed by atoms with E-state index in [9.17, 15) is 9.59 Å². The highest BCUT2D eigenvalue weighted by Gasteiger charge is 2.27. The van der Waals surface area contributed by atoms with Crippen LogP contribution in [-0.4, -0.2) is 46.6 Å². The van der Waals surface area contributed by atoms with Crippen molar-refractivity contribution < 1.29 is 9.59 Å². The normalized spacial score (nSPS) is 15.3. The van der Waals surface area contributed by atoms with Crippen LogP contribution < -0.4 is 16.0 Å². The fourth-order valence-electron chi connectivity index (χ4n) is 4.25. The Morgan fingerprint density at radius 2 is 2.00 bits per heavy atom. The first kappa shape index (κ1) is 20.6. The minimum Gasteiger partial charge on any atom is -0.390 e. The third kappa shape index (κ3) is 3.42. The van der Waals surface area contributed by atoms with Crippen LogP contribution in [0.5, 0.6) is 0 Å². The molecule has 0 saturated carbocycles. The van der Waals surface area contributed by atoms with E-state index < -0.39 is 0 Å². The number of hydrogen-bond acceptors (Lipinski definition) is 6. The number of nitrogens with zero attached hydrogens (tertiary/aromatic N) is 4. The molecule has 0 spiro atoms. The van der Waals surface area contributed by atoms with Gasteiger partial charge in [-0.05, 0) is 42.2 Å².